The van der Waals surface area contributed by atoms with Crippen molar-refractivity contribution in [1.82, 2.24) is 0 Å². The summed E-state index contributed by atoms with van der Waals surface area (Å²) < 4.78 is 13.1. The van der Waals surface area contributed by atoms with Gasteiger partial charge < -0.3 is 0 Å². The minimum atomic E-state index is -0.288. The summed E-state index contributed by atoms with van der Waals surface area (Å²) in [5, 5.41) is 0.205. The fraction of sp³-hybridized carbons (Fsp3) is 0.636. The summed E-state index contributed by atoms with van der Waals surface area (Å²) >= 11 is 5.58. The van der Waals surface area contributed by atoms with Crippen LogP contribution >= 0.6 is 11.6 Å². The lowest BCUT2D eigenvalue weighted by Crippen LogP contribution is -1.92. The highest BCUT2D eigenvalue weighted by molar-refractivity contribution is 6.31. The van der Waals surface area contributed by atoms with E-state index in [1.54, 1.807) is 19.9 Å². The Kier molecular flexibility index (Phi) is 9.70. The molecule has 0 unspecified atom stereocenters. The van der Waals surface area contributed by atoms with Crippen LogP contribution in [0.3, 0.4) is 0 Å². The van der Waals surface area contributed by atoms with Gasteiger partial charge in [-0.2, -0.15) is 0 Å². The van der Waals surface area contributed by atoms with Crippen molar-refractivity contribution in [1.29, 1.82) is 0 Å². The first kappa shape index (κ1) is 15.2. The van der Waals surface area contributed by atoms with E-state index in [1.807, 2.05) is 27.7 Å². The Hall–Kier alpha value is -0.300. The lowest BCUT2D eigenvalue weighted by Gasteiger charge is -2.06. The molecule has 78 valence electrons. The van der Waals surface area contributed by atoms with Crippen molar-refractivity contribution in [3.8, 4) is 0 Å². The maximum atomic E-state index is 13.1. The van der Waals surface area contributed by atoms with Gasteiger partial charge in [0.15, 0.2) is 0 Å². The van der Waals surface area contributed by atoms with Gasteiger partial charge in [-0.3, -0.25) is 0 Å². The van der Waals surface area contributed by atoms with Crippen molar-refractivity contribution in [2.24, 2.45) is 5.92 Å². The van der Waals surface area contributed by atoms with Crippen LogP contribution in [0.25, 0.3) is 0 Å². The average Bonchev–Trinajstić information content (AvgIpc) is 2.17. The normalized spacial score (nSPS) is 13.5. The van der Waals surface area contributed by atoms with Crippen molar-refractivity contribution >= 4 is 11.6 Å². The molecule has 0 aliphatic rings. The molecule has 0 N–H and O–H groups in total. The molecule has 0 aromatic heterocycles. The van der Waals surface area contributed by atoms with Gasteiger partial charge in [0, 0.05) is 0 Å². The molecule has 0 rings (SSSR count). The molecule has 13 heavy (non-hydrogen) atoms. The molecule has 0 aromatic carbocycles. The highest BCUT2D eigenvalue weighted by Gasteiger charge is 2.07. The van der Waals surface area contributed by atoms with Gasteiger partial charge in [0.2, 0.25) is 0 Å². The number of rotatable bonds is 2. The quantitative estimate of drug-likeness (QED) is 0.555. The van der Waals surface area contributed by atoms with Crippen LogP contribution < -0.4 is 0 Å². The molecule has 0 heterocycles. The van der Waals surface area contributed by atoms with Crippen LogP contribution in [0.15, 0.2) is 22.5 Å². The molecule has 0 saturated heterocycles. The Bertz CT molecular complexity index is 190. The molecule has 0 bridgehead atoms. The van der Waals surface area contributed by atoms with Gasteiger partial charge in [-0.25, -0.2) is 4.39 Å². The molecule has 0 atom stereocenters. The van der Waals surface area contributed by atoms with Crippen molar-refractivity contribution in [3.05, 3.63) is 22.5 Å². The van der Waals surface area contributed by atoms with Gasteiger partial charge in [-0.1, -0.05) is 45.4 Å². The van der Waals surface area contributed by atoms with Crippen LogP contribution in [-0.4, -0.2) is 0 Å². The Morgan fingerprint density at radius 2 is 1.69 bits per heavy atom. The number of halogens is 2. The van der Waals surface area contributed by atoms with Crippen LogP contribution in [0, 0.1) is 5.92 Å². The van der Waals surface area contributed by atoms with E-state index in [4.69, 9.17) is 11.6 Å². The molecular formula is C11H20ClF. The van der Waals surface area contributed by atoms with Crippen molar-refractivity contribution in [2.75, 3.05) is 0 Å². The van der Waals surface area contributed by atoms with Gasteiger partial charge in [0.1, 0.15) is 5.83 Å². The molecule has 0 saturated carbocycles. The third-order valence-corrected chi connectivity index (χ3v) is 2.06. The SMILES string of the molecule is C/C=C(Cl)\C(F)=C(/C)C(C)C.CC. The second kappa shape index (κ2) is 8.31. The molecule has 0 aliphatic heterocycles. The second-order valence-corrected chi connectivity index (χ2v) is 3.20. The molecule has 0 nitrogen and oxygen atoms in total. The van der Waals surface area contributed by atoms with Gasteiger partial charge in [0.25, 0.3) is 0 Å². The monoisotopic (exact) mass is 206 g/mol. The zero-order valence-corrected chi connectivity index (χ0v) is 10.2. The molecule has 0 radical (unpaired) electrons. The minimum absolute atomic E-state index is 0.205. The zero-order valence-electron chi connectivity index (χ0n) is 9.41. The second-order valence-electron chi connectivity index (χ2n) is 2.79. The summed E-state index contributed by atoms with van der Waals surface area (Å²) in [6.45, 7) is 11.4. The van der Waals surface area contributed by atoms with E-state index < -0.39 is 0 Å². The summed E-state index contributed by atoms with van der Waals surface area (Å²) in [5.41, 5.74) is 0.702. The largest absolute Gasteiger partial charge is 0.205 e. The Morgan fingerprint density at radius 3 is 1.92 bits per heavy atom. The van der Waals surface area contributed by atoms with Crippen LogP contribution in [0.5, 0.6) is 0 Å². The summed E-state index contributed by atoms with van der Waals surface area (Å²) in [4.78, 5) is 0. The Balaban J connectivity index is 0. The molecule has 0 aromatic rings. The summed E-state index contributed by atoms with van der Waals surface area (Å²) in [5.74, 6) is -0.0760. The van der Waals surface area contributed by atoms with E-state index in [-0.39, 0.29) is 16.8 Å². The van der Waals surface area contributed by atoms with Crippen LogP contribution in [0.2, 0.25) is 0 Å². The van der Waals surface area contributed by atoms with Crippen molar-refractivity contribution < 1.29 is 4.39 Å². The molecular weight excluding hydrogens is 187 g/mol. The summed E-state index contributed by atoms with van der Waals surface area (Å²) in [6.07, 6.45) is 1.56. The predicted molar refractivity (Wildman–Crippen MR) is 59.6 cm³/mol. The molecule has 0 amide bonds. The standard InChI is InChI=1S/C9H14ClF.C2H6/c1-5-8(10)9(11)7(4)6(2)3;1-2/h5-6H,1-4H3;1-2H3/b8-5+,9-7-;. The minimum Gasteiger partial charge on any atom is -0.205 e. The maximum absolute atomic E-state index is 13.1. The third kappa shape index (κ3) is 5.87. The third-order valence-electron chi connectivity index (χ3n) is 1.68. The lowest BCUT2D eigenvalue weighted by atomic mass is 10.0. The average molecular weight is 207 g/mol. The fourth-order valence-electron chi connectivity index (χ4n) is 0.569. The van der Waals surface area contributed by atoms with Gasteiger partial charge >= 0.3 is 0 Å². The van der Waals surface area contributed by atoms with E-state index in [2.05, 4.69) is 0 Å². The fourth-order valence-corrected chi connectivity index (χ4v) is 0.718. The predicted octanol–water partition coefficient (Wildman–Crippen LogP) is 5.05. The van der Waals surface area contributed by atoms with Crippen LogP contribution in [0.4, 0.5) is 4.39 Å². The molecule has 0 fully saturated rings. The molecule has 2 heteroatoms. The number of allylic oxidation sites excluding steroid dienone is 4. The Labute approximate surface area is 86.5 Å². The summed E-state index contributed by atoms with van der Waals surface area (Å²) in [6, 6.07) is 0. The zero-order chi connectivity index (χ0) is 11.0. The first-order valence-electron chi connectivity index (χ1n) is 4.69. The number of hydrogen-bond donors (Lipinski definition) is 0. The van der Waals surface area contributed by atoms with E-state index in [9.17, 15) is 4.39 Å². The topological polar surface area (TPSA) is 0 Å². The number of hydrogen-bond acceptors (Lipinski definition) is 0. The highest BCUT2D eigenvalue weighted by atomic mass is 35.5. The van der Waals surface area contributed by atoms with Gasteiger partial charge in [-0.15, -0.1) is 0 Å². The molecule has 0 aliphatic carbocycles. The van der Waals surface area contributed by atoms with Gasteiger partial charge in [0.05, 0.1) is 5.03 Å². The Morgan fingerprint density at radius 1 is 1.31 bits per heavy atom. The highest BCUT2D eigenvalue weighted by Crippen LogP contribution is 2.23. The van der Waals surface area contributed by atoms with E-state index in [0.717, 1.165) is 0 Å². The van der Waals surface area contributed by atoms with Crippen LogP contribution in [0.1, 0.15) is 41.5 Å². The molecule has 0 spiro atoms. The van der Waals surface area contributed by atoms with E-state index in [1.165, 1.54) is 0 Å². The van der Waals surface area contributed by atoms with E-state index in [0.29, 0.717) is 5.57 Å². The van der Waals surface area contributed by atoms with E-state index >= 15 is 0 Å². The van der Waals surface area contributed by atoms with Crippen molar-refractivity contribution in [3.63, 3.8) is 0 Å². The van der Waals surface area contributed by atoms with Gasteiger partial charge in [-0.05, 0) is 25.3 Å². The smallest absolute Gasteiger partial charge is 0.140 e. The first-order valence-corrected chi connectivity index (χ1v) is 5.07. The first-order chi connectivity index (χ1) is 6.00. The summed E-state index contributed by atoms with van der Waals surface area (Å²) in [7, 11) is 0. The lowest BCUT2D eigenvalue weighted by molar-refractivity contribution is 0.615. The maximum Gasteiger partial charge on any atom is 0.140 e. The van der Waals surface area contributed by atoms with Crippen LogP contribution in [-0.2, 0) is 0 Å². The van der Waals surface area contributed by atoms with Crippen molar-refractivity contribution in [2.45, 2.75) is 41.5 Å².